The molecule has 1 aromatic heterocycles. The Balaban J connectivity index is 2.27. The average molecular weight is 296 g/mol. The number of aromatic nitrogens is 1. The Morgan fingerprint density at radius 1 is 1.35 bits per heavy atom. The summed E-state index contributed by atoms with van der Waals surface area (Å²) in [6.45, 7) is 0. The summed E-state index contributed by atoms with van der Waals surface area (Å²) in [7, 11) is -2.38. The Morgan fingerprint density at radius 2 is 2.10 bits per heavy atom. The van der Waals surface area contributed by atoms with Crippen molar-refractivity contribution in [2.24, 2.45) is 0 Å². The number of carbonyl (C=O) groups is 1. The number of rotatable bonds is 5. The van der Waals surface area contributed by atoms with Crippen molar-refractivity contribution in [1.29, 1.82) is 0 Å². The second-order valence-electron chi connectivity index (χ2n) is 3.89. The molecule has 0 bridgehead atoms. The maximum atomic E-state index is 12.1. The van der Waals surface area contributed by atoms with Crippen molar-refractivity contribution in [3.8, 4) is 5.75 Å². The summed E-state index contributed by atoms with van der Waals surface area (Å²) in [5, 5.41) is 8.76. The van der Waals surface area contributed by atoms with Gasteiger partial charge in [-0.1, -0.05) is 6.07 Å². The Kier molecular flexibility index (Phi) is 3.66. The molecule has 0 saturated heterocycles. The molecule has 7 nitrogen and oxygen atoms in total. The topological polar surface area (TPSA) is 108 Å². The summed E-state index contributed by atoms with van der Waals surface area (Å²) in [6, 6.07) is 7.44. The number of methoxy groups -OCH3 is 1. The number of aromatic amines is 1. The third-order valence-corrected chi connectivity index (χ3v) is 3.88. The van der Waals surface area contributed by atoms with Gasteiger partial charge in [0.15, 0.2) is 0 Å². The number of hydrogen-bond acceptors (Lipinski definition) is 4. The normalized spacial score (nSPS) is 11.1. The minimum atomic E-state index is -3.85. The molecule has 0 saturated carbocycles. The van der Waals surface area contributed by atoms with Gasteiger partial charge in [0.25, 0.3) is 10.0 Å². The van der Waals surface area contributed by atoms with Crippen LogP contribution < -0.4 is 9.46 Å². The SMILES string of the molecule is COc1cccc(NS(=O)(=O)c2c[nH]c(C(=O)O)c2)c1. The van der Waals surface area contributed by atoms with Gasteiger partial charge < -0.3 is 14.8 Å². The van der Waals surface area contributed by atoms with Crippen LogP contribution in [0, 0.1) is 0 Å². The molecule has 0 fully saturated rings. The molecule has 20 heavy (non-hydrogen) atoms. The van der Waals surface area contributed by atoms with Gasteiger partial charge in [-0.3, -0.25) is 4.72 Å². The summed E-state index contributed by atoms with van der Waals surface area (Å²) in [5.74, 6) is -0.724. The summed E-state index contributed by atoms with van der Waals surface area (Å²) in [5.41, 5.74) is 0.124. The molecule has 0 unspecified atom stereocenters. The molecule has 1 aromatic carbocycles. The van der Waals surface area contributed by atoms with Crippen molar-refractivity contribution in [3.63, 3.8) is 0 Å². The fourth-order valence-corrected chi connectivity index (χ4v) is 2.60. The smallest absolute Gasteiger partial charge is 0.352 e. The van der Waals surface area contributed by atoms with E-state index in [1.54, 1.807) is 18.2 Å². The Bertz CT molecular complexity index is 736. The zero-order chi connectivity index (χ0) is 14.8. The Labute approximate surface area is 115 Å². The van der Waals surface area contributed by atoms with Crippen molar-refractivity contribution < 1.29 is 23.1 Å². The molecule has 0 aliphatic carbocycles. The number of hydrogen-bond donors (Lipinski definition) is 3. The summed E-state index contributed by atoms with van der Waals surface area (Å²) >= 11 is 0. The first-order chi connectivity index (χ1) is 9.42. The van der Waals surface area contributed by atoms with Crippen molar-refractivity contribution in [2.75, 3.05) is 11.8 Å². The Hall–Kier alpha value is -2.48. The number of carboxylic acids is 1. The van der Waals surface area contributed by atoms with Crippen LogP contribution in [0.25, 0.3) is 0 Å². The Morgan fingerprint density at radius 3 is 2.70 bits per heavy atom. The van der Waals surface area contributed by atoms with Gasteiger partial charge in [-0.2, -0.15) is 0 Å². The van der Waals surface area contributed by atoms with Crippen LogP contribution >= 0.6 is 0 Å². The first-order valence-corrected chi connectivity index (χ1v) is 6.99. The van der Waals surface area contributed by atoms with Gasteiger partial charge >= 0.3 is 5.97 Å². The standard InChI is InChI=1S/C12H12N2O5S/c1-19-9-4-2-3-8(5-9)14-20(17,18)10-6-11(12(15)16)13-7-10/h2-7,13-14H,1H3,(H,15,16). The number of nitrogens with one attached hydrogen (secondary N) is 2. The zero-order valence-electron chi connectivity index (χ0n) is 10.5. The minimum Gasteiger partial charge on any atom is -0.497 e. The molecule has 0 amide bonds. The van der Waals surface area contributed by atoms with E-state index in [9.17, 15) is 13.2 Å². The predicted molar refractivity (Wildman–Crippen MR) is 71.6 cm³/mol. The molecule has 2 aromatic rings. The zero-order valence-corrected chi connectivity index (χ0v) is 11.3. The lowest BCUT2D eigenvalue weighted by molar-refractivity contribution is 0.0691. The number of aromatic carboxylic acids is 1. The van der Waals surface area contributed by atoms with Crippen LogP contribution in [-0.2, 0) is 10.0 Å². The molecule has 0 radical (unpaired) electrons. The van der Waals surface area contributed by atoms with Gasteiger partial charge in [0.1, 0.15) is 16.3 Å². The van der Waals surface area contributed by atoms with Gasteiger partial charge in [-0.25, -0.2) is 13.2 Å². The molecule has 0 aliphatic heterocycles. The highest BCUT2D eigenvalue weighted by Crippen LogP contribution is 2.21. The molecule has 0 spiro atoms. The molecule has 1 heterocycles. The summed E-state index contributed by atoms with van der Waals surface area (Å²) in [6.07, 6.45) is 1.12. The van der Waals surface area contributed by atoms with Gasteiger partial charge in [-0.05, 0) is 18.2 Å². The highest BCUT2D eigenvalue weighted by atomic mass is 32.2. The van der Waals surface area contributed by atoms with E-state index in [1.165, 1.54) is 13.2 Å². The predicted octanol–water partition coefficient (Wildman–Crippen LogP) is 1.52. The van der Waals surface area contributed by atoms with Crippen LogP contribution in [0.15, 0.2) is 41.4 Å². The van der Waals surface area contributed by atoms with Crippen LogP contribution in [0.3, 0.4) is 0 Å². The quantitative estimate of drug-likeness (QED) is 0.775. The monoisotopic (exact) mass is 296 g/mol. The lowest BCUT2D eigenvalue weighted by Gasteiger charge is -2.07. The van der Waals surface area contributed by atoms with E-state index in [4.69, 9.17) is 9.84 Å². The molecular formula is C12H12N2O5S. The first kappa shape index (κ1) is 13.9. The highest BCUT2D eigenvalue weighted by molar-refractivity contribution is 7.92. The molecular weight excluding hydrogens is 284 g/mol. The van der Waals surface area contributed by atoms with Gasteiger partial charge in [0, 0.05) is 12.3 Å². The minimum absolute atomic E-state index is 0.155. The molecule has 8 heteroatoms. The van der Waals surface area contributed by atoms with Gasteiger partial charge in [0.05, 0.1) is 12.8 Å². The molecule has 0 aliphatic rings. The van der Waals surface area contributed by atoms with Crippen LogP contribution in [0.5, 0.6) is 5.75 Å². The number of benzene rings is 1. The maximum absolute atomic E-state index is 12.1. The second kappa shape index (κ2) is 5.25. The van der Waals surface area contributed by atoms with Gasteiger partial charge in [0.2, 0.25) is 0 Å². The molecule has 106 valence electrons. The van der Waals surface area contributed by atoms with Crippen LogP contribution in [0.1, 0.15) is 10.5 Å². The van der Waals surface area contributed by atoms with Crippen molar-refractivity contribution in [3.05, 3.63) is 42.2 Å². The van der Waals surface area contributed by atoms with E-state index >= 15 is 0 Å². The van der Waals surface area contributed by atoms with Crippen molar-refractivity contribution in [2.45, 2.75) is 4.90 Å². The largest absolute Gasteiger partial charge is 0.497 e. The number of anilines is 1. The highest BCUT2D eigenvalue weighted by Gasteiger charge is 2.18. The van der Waals surface area contributed by atoms with Crippen LogP contribution in [0.2, 0.25) is 0 Å². The second-order valence-corrected chi connectivity index (χ2v) is 5.57. The fraction of sp³-hybridized carbons (Fsp3) is 0.0833. The molecule has 3 N–H and O–H groups in total. The fourth-order valence-electron chi connectivity index (χ4n) is 1.55. The van der Waals surface area contributed by atoms with Crippen LogP contribution in [-0.4, -0.2) is 31.6 Å². The molecule has 0 atom stereocenters. The summed E-state index contributed by atoms with van der Waals surface area (Å²) < 4.78 is 31.5. The lowest BCUT2D eigenvalue weighted by Crippen LogP contribution is -2.12. The summed E-state index contributed by atoms with van der Waals surface area (Å²) in [4.78, 5) is 12.9. The molecule has 2 rings (SSSR count). The lowest BCUT2D eigenvalue weighted by atomic mass is 10.3. The third-order valence-electron chi connectivity index (χ3n) is 2.52. The van der Waals surface area contributed by atoms with Crippen molar-refractivity contribution in [1.82, 2.24) is 4.98 Å². The first-order valence-electron chi connectivity index (χ1n) is 5.51. The van der Waals surface area contributed by atoms with Crippen LogP contribution in [0.4, 0.5) is 5.69 Å². The number of H-pyrrole nitrogens is 1. The van der Waals surface area contributed by atoms with E-state index < -0.39 is 16.0 Å². The van der Waals surface area contributed by atoms with E-state index in [-0.39, 0.29) is 10.6 Å². The third kappa shape index (κ3) is 2.91. The van der Waals surface area contributed by atoms with Crippen molar-refractivity contribution >= 4 is 21.7 Å². The average Bonchev–Trinajstić information content (AvgIpc) is 2.89. The van der Waals surface area contributed by atoms with E-state index in [1.807, 2.05) is 0 Å². The van der Waals surface area contributed by atoms with E-state index in [2.05, 4.69) is 9.71 Å². The van der Waals surface area contributed by atoms with Gasteiger partial charge in [-0.15, -0.1) is 0 Å². The van der Waals surface area contributed by atoms with E-state index in [0.717, 1.165) is 12.3 Å². The number of carboxylic acid groups (broad SMARTS) is 1. The number of sulfonamides is 1. The van der Waals surface area contributed by atoms with E-state index in [0.29, 0.717) is 11.4 Å². The maximum Gasteiger partial charge on any atom is 0.352 e. The number of ether oxygens (including phenoxy) is 1.